The SMILES string of the molecule is CC(C)NC(=O)Cn1c(=O)[nH]c(=O)c2ccsc21. The van der Waals surface area contributed by atoms with Crippen molar-refractivity contribution < 1.29 is 4.79 Å². The first-order valence-corrected chi connectivity index (χ1v) is 6.36. The van der Waals surface area contributed by atoms with E-state index < -0.39 is 11.2 Å². The van der Waals surface area contributed by atoms with Gasteiger partial charge in [-0.2, -0.15) is 0 Å². The molecular formula is C11H13N3O3S. The molecular weight excluding hydrogens is 254 g/mol. The van der Waals surface area contributed by atoms with Crippen LogP contribution in [0.1, 0.15) is 13.8 Å². The van der Waals surface area contributed by atoms with E-state index >= 15 is 0 Å². The van der Waals surface area contributed by atoms with Crippen LogP contribution in [0.25, 0.3) is 10.2 Å². The number of carbonyl (C=O) groups is 1. The van der Waals surface area contributed by atoms with Gasteiger partial charge in [0.05, 0.1) is 5.39 Å². The van der Waals surface area contributed by atoms with E-state index in [0.717, 1.165) is 0 Å². The molecule has 0 bridgehead atoms. The summed E-state index contributed by atoms with van der Waals surface area (Å²) in [5.41, 5.74) is -0.981. The Balaban J connectivity index is 2.45. The number of rotatable bonds is 3. The van der Waals surface area contributed by atoms with Crippen molar-refractivity contribution in [2.24, 2.45) is 0 Å². The summed E-state index contributed by atoms with van der Waals surface area (Å²) in [6.07, 6.45) is 0. The molecule has 0 unspecified atom stereocenters. The van der Waals surface area contributed by atoms with Gasteiger partial charge in [0.1, 0.15) is 11.4 Å². The van der Waals surface area contributed by atoms with Gasteiger partial charge < -0.3 is 5.32 Å². The third kappa shape index (κ3) is 2.35. The Labute approximate surface area is 106 Å². The number of aromatic amines is 1. The Hall–Kier alpha value is -1.89. The Morgan fingerprint density at radius 3 is 2.89 bits per heavy atom. The van der Waals surface area contributed by atoms with Crippen molar-refractivity contribution in [1.82, 2.24) is 14.9 Å². The number of thiophene rings is 1. The van der Waals surface area contributed by atoms with E-state index in [-0.39, 0.29) is 18.5 Å². The van der Waals surface area contributed by atoms with Crippen LogP contribution in [0.15, 0.2) is 21.0 Å². The zero-order valence-corrected chi connectivity index (χ0v) is 10.8. The second kappa shape index (κ2) is 4.77. The van der Waals surface area contributed by atoms with Gasteiger partial charge in [-0.05, 0) is 25.3 Å². The van der Waals surface area contributed by atoms with Crippen LogP contribution in [0.3, 0.4) is 0 Å². The number of nitrogens with zero attached hydrogens (tertiary/aromatic N) is 1. The normalized spacial score (nSPS) is 11.1. The van der Waals surface area contributed by atoms with Crippen molar-refractivity contribution in [3.8, 4) is 0 Å². The summed E-state index contributed by atoms with van der Waals surface area (Å²) in [6, 6.07) is 1.64. The zero-order chi connectivity index (χ0) is 13.3. The summed E-state index contributed by atoms with van der Waals surface area (Å²) >= 11 is 1.27. The molecule has 7 heteroatoms. The smallest absolute Gasteiger partial charge is 0.329 e. The number of fused-ring (bicyclic) bond motifs is 1. The number of nitrogens with one attached hydrogen (secondary N) is 2. The van der Waals surface area contributed by atoms with Crippen LogP contribution in [-0.4, -0.2) is 21.5 Å². The molecule has 0 saturated carbocycles. The van der Waals surface area contributed by atoms with Gasteiger partial charge >= 0.3 is 5.69 Å². The van der Waals surface area contributed by atoms with Gasteiger partial charge in [-0.3, -0.25) is 19.1 Å². The minimum atomic E-state index is -0.561. The average Bonchev–Trinajstić information content (AvgIpc) is 2.72. The summed E-state index contributed by atoms with van der Waals surface area (Å²) in [4.78, 5) is 37.6. The van der Waals surface area contributed by atoms with E-state index in [4.69, 9.17) is 0 Å². The van der Waals surface area contributed by atoms with Crippen LogP contribution < -0.4 is 16.6 Å². The van der Waals surface area contributed by atoms with Gasteiger partial charge in [0.15, 0.2) is 0 Å². The van der Waals surface area contributed by atoms with Crippen molar-refractivity contribution in [3.63, 3.8) is 0 Å². The Bertz CT molecular complexity index is 695. The van der Waals surface area contributed by atoms with Crippen LogP contribution >= 0.6 is 11.3 Å². The monoisotopic (exact) mass is 267 g/mol. The minimum Gasteiger partial charge on any atom is -0.352 e. The number of H-pyrrole nitrogens is 1. The number of hydrogen-bond acceptors (Lipinski definition) is 4. The van der Waals surface area contributed by atoms with Crippen molar-refractivity contribution in [1.29, 1.82) is 0 Å². The molecule has 1 amide bonds. The maximum absolute atomic E-state index is 11.7. The van der Waals surface area contributed by atoms with E-state index in [1.165, 1.54) is 15.9 Å². The highest BCUT2D eigenvalue weighted by molar-refractivity contribution is 7.16. The molecule has 0 saturated heterocycles. The molecule has 2 rings (SSSR count). The molecule has 0 aliphatic rings. The molecule has 0 aliphatic heterocycles. The summed E-state index contributed by atoms with van der Waals surface area (Å²) in [5, 5.41) is 4.85. The summed E-state index contributed by atoms with van der Waals surface area (Å²) in [6.45, 7) is 3.59. The molecule has 0 aromatic carbocycles. The fourth-order valence-electron chi connectivity index (χ4n) is 1.66. The van der Waals surface area contributed by atoms with Crippen molar-refractivity contribution in [2.45, 2.75) is 26.4 Å². The van der Waals surface area contributed by atoms with E-state index in [0.29, 0.717) is 10.2 Å². The van der Waals surface area contributed by atoms with Crippen molar-refractivity contribution in [3.05, 3.63) is 32.3 Å². The van der Waals surface area contributed by atoms with Crippen molar-refractivity contribution in [2.75, 3.05) is 0 Å². The molecule has 0 aliphatic carbocycles. The van der Waals surface area contributed by atoms with Crippen LogP contribution in [0, 0.1) is 0 Å². The molecule has 0 atom stereocenters. The summed E-state index contributed by atoms with van der Waals surface area (Å²) in [7, 11) is 0. The van der Waals surface area contributed by atoms with Gasteiger partial charge in [0.25, 0.3) is 5.56 Å². The van der Waals surface area contributed by atoms with E-state index in [1.54, 1.807) is 11.4 Å². The lowest BCUT2D eigenvalue weighted by Crippen LogP contribution is -2.38. The predicted molar refractivity (Wildman–Crippen MR) is 70.0 cm³/mol. The van der Waals surface area contributed by atoms with Gasteiger partial charge in [-0.25, -0.2) is 4.79 Å². The largest absolute Gasteiger partial charge is 0.352 e. The van der Waals surface area contributed by atoms with Gasteiger partial charge in [-0.1, -0.05) is 0 Å². The van der Waals surface area contributed by atoms with E-state index in [9.17, 15) is 14.4 Å². The van der Waals surface area contributed by atoms with Crippen LogP contribution in [0.2, 0.25) is 0 Å². The van der Waals surface area contributed by atoms with Crippen LogP contribution in [0.4, 0.5) is 0 Å². The molecule has 0 fully saturated rings. The molecule has 2 heterocycles. The number of carbonyl (C=O) groups excluding carboxylic acids is 1. The fourth-order valence-corrected chi connectivity index (χ4v) is 2.56. The summed E-state index contributed by atoms with van der Waals surface area (Å²) < 4.78 is 1.28. The highest BCUT2D eigenvalue weighted by Gasteiger charge is 2.12. The fraction of sp³-hybridized carbons (Fsp3) is 0.364. The Kier molecular flexibility index (Phi) is 3.33. The van der Waals surface area contributed by atoms with E-state index in [1.807, 2.05) is 13.8 Å². The molecule has 0 spiro atoms. The van der Waals surface area contributed by atoms with Gasteiger partial charge in [0.2, 0.25) is 5.91 Å². The van der Waals surface area contributed by atoms with Gasteiger partial charge in [-0.15, -0.1) is 11.3 Å². The zero-order valence-electron chi connectivity index (χ0n) is 10.0. The maximum Gasteiger partial charge on any atom is 0.329 e. The molecule has 96 valence electrons. The highest BCUT2D eigenvalue weighted by Crippen LogP contribution is 2.14. The third-order valence-electron chi connectivity index (χ3n) is 2.35. The predicted octanol–water partition coefficient (Wildman–Crippen LogP) is 0.276. The first kappa shape index (κ1) is 12.6. The lowest BCUT2D eigenvalue weighted by atomic mass is 10.4. The Morgan fingerprint density at radius 1 is 1.50 bits per heavy atom. The molecule has 2 aromatic heterocycles. The highest BCUT2D eigenvalue weighted by atomic mass is 32.1. The standard InChI is InChI=1S/C11H13N3O3S/c1-6(2)12-8(15)5-14-10-7(3-4-18-10)9(16)13-11(14)17/h3-4,6H,5H2,1-2H3,(H,12,15)(H,13,16,17). The second-order valence-corrected chi connectivity index (χ2v) is 5.10. The molecule has 2 N–H and O–H groups in total. The first-order valence-electron chi connectivity index (χ1n) is 5.48. The van der Waals surface area contributed by atoms with Crippen LogP contribution in [-0.2, 0) is 11.3 Å². The first-order chi connectivity index (χ1) is 8.49. The lowest BCUT2D eigenvalue weighted by molar-refractivity contribution is -0.122. The molecule has 6 nitrogen and oxygen atoms in total. The third-order valence-corrected chi connectivity index (χ3v) is 3.29. The molecule has 18 heavy (non-hydrogen) atoms. The van der Waals surface area contributed by atoms with Crippen molar-refractivity contribution >= 4 is 27.5 Å². The quantitative estimate of drug-likeness (QED) is 0.837. The number of aromatic nitrogens is 2. The minimum absolute atomic E-state index is 0.00906. The second-order valence-electron chi connectivity index (χ2n) is 4.21. The molecule has 2 aromatic rings. The lowest BCUT2D eigenvalue weighted by Gasteiger charge is -2.10. The van der Waals surface area contributed by atoms with Crippen LogP contribution in [0.5, 0.6) is 0 Å². The maximum atomic E-state index is 11.7. The summed E-state index contributed by atoms with van der Waals surface area (Å²) in [5.74, 6) is -0.256. The number of hydrogen-bond donors (Lipinski definition) is 2. The molecule has 0 radical (unpaired) electrons. The average molecular weight is 267 g/mol. The van der Waals surface area contributed by atoms with E-state index in [2.05, 4.69) is 10.3 Å². The number of amides is 1. The van der Waals surface area contributed by atoms with Gasteiger partial charge in [0, 0.05) is 6.04 Å². The topological polar surface area (TPSA) is 84.0 Å². The Morgan fingerprint density at radius 2 is 2.22 bits per heavy atom.